The number of aromatic nitrogens is 4. The standard InChI is InChI=1S/C25H31N7O3S/c1-35-20-4-2-3-18(20)28-21-13-19(29-22(30-21)17-14-26-32-11-12-36-25(17)32)24(34)31-9-7-16(8-10-31)27-23(33)15-5-6-15/h11-16,18,20H,2-10H2,1H3,(H,27,33)(H,28,29,30)/t18-,20-/m0/s1. The fourth-order valence-corrected chi connectivity index (χ4v) is 6.04. The van der Waals surface area contributed by atoms with Crippen LogP contribution in [0.2, 0.25) is 0 Å². The third-order valence-corrected chi connectivity index (χ3v) is 8.37. The Balaban J connectivity index is 1.24. The first-order chi connectivity index (χ1) is 17.6. The van der Waals surface area contributed by atoms with Gasteiger partial charge in [-0.3, -0.25) is 9.59 Å². The van der Waals surface area contributed by atoms with Crippen LogP contribution in [-0.4, -0.2) is 74.7 Å². The van der Waals surface area contributed by atoms with Gasteiger partial charge in [-0.25, -0.2) is 14.5 Å². The van der Waals surface area contributed by atoms with Crippen molar-refractivity contribution in [1.82, 2.24) is 29.8 Å². The number of anilines is 1. The van der Waals surface area contributed by atoms with E-state index in [0.717, 1.165) is 55.3 Å². The summed E-state index contributed by atoms with van der Waals surface area (Å²) in [5, 5.41) is 13.0. The van der Waals surface area contributed by atoms with Crippen molar-refractivity contribution in [2.75, 3.05) is 25.5 Å². The second-order valence-electron chi connectivity index (χ2n) is 9.98. The lowest BCUT2D eigenvalue weighted by Crippen LogP contribution is -2.47. The zero-order chi connectivity index (χ0) is 24.6. The number of hydrogen-bond acceptors (Lipinski definition) is 8. The lowest BCUT2D eigenvalue weighted by atomic mass is 10.0. The minimum absolute atomic E-state index is 0.113. The Morgan fingerprint density at radius 2 is 1.94 bits per heavy atom. The summed E-state index contributed by atoms with van der Waals surface area (Å²) in [6.45, 7) is 1.18. The Kier molecular flexibility index (Phi) is 6.34. The number of carbonyl (C=O) groups is 2. The number of ether oxygens (including phenoxy) is 1. The van der Waals surface area contributed by atoms with Gasteiger partial charge >= 0.3 is 0 Å². The molecule has 10 nitrogen and oxygen atoms in total. The van der Waals surface area contributed by atoms with Crippen molar-refractivity contribution < 1.29 is 14.3 Å². The maximum atomic E-state index is 13.6. The Morgan fingerprint density at radius 1 is 1.11 bits per heavy atom. The highest BCUT2D eigenvalue weighted by molar-refractivity contribution is 7.16. The molecular weight excluding hydrogens is 478 g/mol. The van der Waals surface area contributed by atoms with Gasteiger partial charge in [0, 0.05) is 49.8 Å². The molecule has 2 aliphatic carbocycles. The van der Waals surface area contributed by atoms with Crippen molar-refractivity contribution >= 4 is 33.8 Å². The molecule has 2 amide bonds. The van der Waals surface area contributed by atoms with Gasteiger partial charge in [0.25, 0.3) is 5.91 Å². The number of amides is 2. The van der Waals surface area contributed by atoms with Gasteiger partial charge in [0.2, 0.25) is 5.91 Å². The molecule has 11 heteroatoms. The van der Waals surface area contributed by atoms with E-state index in [4.69, 9.17) is 14.7 Å². The van der Waals surface area contributed by atoms with Crippen LogP contribution >= 0.6 is 11.3 Å². The fraction of sp³-hybridized carbons (Fsp3) is 0.560. The van der Waals surface area contributed by atoms with Crippen molar-refractivity contribution in [3.8, 4) is 11.4 Å². The second kappa shape index (κ2) is 9.78. The van der Waals surface area contributed by atoms with E-state index in [0.29, 0.717) is 30.4 Å². The van der Waals surface area contributed by atoms with E-state index >= 15 is 0 Å². The summed E-state index contributed by atoms with van der Waals surface area (Å²) in [5.41, 5.74) is 1.17. The van der Waals surface area contributed by atoms with Crippen LogP contribution in [0.3, 0.4) is 0 Å². The van der Waals surface area contributed by atoms with Crippen molar-refractivity contribution in [3.05, 3.63) is 29.5 Å². The molecule has 0 radical (unpaired) electrons. The number of rotatable bonds is 7. The number of fused-ring (bicyclic) bond motifs is 1. The summed E-state index contributed by atoms with van der Waals surface area (Å²) in [4.78, 5) is 38.0. The number of nitrogens with one attached hydrogen (secondary N) is 2. The molecule has 2 N–H and O–H groups in total. The van der Waals surface area contributed by atoms with E-state index in [1.807, 2.05) is 16.5 Å². The summed E-state index contributed by atoms with van der Waals surface area (Å²) in [5.74, 6) is 1.36. The van der Waals surface area contributed by atoms with Crippen molar-refractivity contribution in [3.63, 3.8) is 0 Å². The van der Waals surface area contributed by atoms with Crippen molar-refractivity contribution in [1.29, 1.82) is 0 Å². The Hall–Kier alpha value is -3.05. The average molecular weight is 510 g/mol. The van der Waals surface area contributed by atoms with Gasteiger partial charge in [-0.15, -0.1) is 11.3 Å². The molecule has 36 heavy (non-hydrogen) atoms. The average Bonchev–Trinajstić information content (AvgIpc) is 3.28. The van der Waals surface area contributed by atoms with Crippen molar-refractivity contribution in [2.24, 2.45) is 5.92 Å². The molecule has 4 heterocycles. The molecule has 2 saturated carbocycles. The number of thiazole rings is 1. The molecule has 6 rings (SSSR count). The number of hydrogen-bond donors (Lipinski definition) is 2. The van der Waals surface area contributed by atoms with Crippen LogP contribution < -0.4 is 10.6 Å². The van der Waals surface area contributed by atoms with E-state index in [-0.39, 0.29) is 35.9 Å². The summed E-state index contributed by atoms with van der Waals surface area (Å²) in [6.07, 6.45) is 10.3. The SMILES string of the molecule is CO[C@H]1CCC[C@@H]1Nc1cc(C(=O)N2CCC(NC(=O)C3CC3)CC2)nc(-c2cnn3ccsc23)n1. The lowest BCUT2D eigenvalue weighted by molar-refractivity contribution is -0.123. The zero-order valence-electron chi connectivity index (χ0n) is 20.4. The minimum Gasteiger partial charge on any atom is -0.379 e. The maximum absolute atomic E-state index is 13.6. The number of carbonyl (C=O) groups excluding carboxylic acids is 2. The van der Waals surface area contributed by atoms with Gasteiger partial charge in [0.05, 0.1) is 23.9 Å². The third-order valence-electron chi connectivity index (χ3n) is 7.48. The fourth-order valence-electron chi connectivity index (χ4n) is 5.25. The number of nitrogens with zero attached hydrogens (tertiary/aromatic N) is 5. The number of likely N-dealkylation sites (tertiary alicyclic amines) is 1. The molecule has 2 atom stereocenters. The van der Waals surface area contributed by atoms with E-state index in [1.165, 1.54) is 0 Å². The molecule has 3 aliphatic rings. The molecular formula is C25H31N7O3S. The van der Waals surface area contributed by atoms with Gasteiger partial charge in [0.15, 0.2) is 5.82 Å². The first kappa shape index (κ1) is 23.4. The number of methoxy groups -OCH3 is 1. The maximum Gasteiger partial charge on any atom is 0.272 e. The van der Waals surface area contributed by atoms with Crippen LogP contribution in [0.1, 0.15) is 55.4 Å². The molecule has 0 aromatic carbocycles. The van der Waals surface area contributed by atoms with Gasteiger partial charge in [-0.1, -0.05) is 0 Å². The van der Waals surface area contributed by atoms with Gasteiger partial charge in [-0.2, -0.15) is 5.10 Å². The third kappa shape index (κ3) is 4.69. The van der Waals surface area contributed by atoms with E-state index in [9.17, 15) is 9.59 Å². The van der Waals surface area contributed by atoms with Crippen LogP contribution in [0.15, 0.2) is 23.8 Å². The highest BCUT2D eigenvalue weighted by atomic mass is 32.1. The number of piperidine rings is 1. The normalized spacial score (nSPS) is 22.8. The molecule has 1 saturated heterocycles. The lowest BCUT2D eigenvalue weighted by Gasteiger charge is -2.32. The molecule has 190 valence electrons. The smallest absolute Gasteiger partial charge is 0.272 e. The highest BCUT2D eigenvalue weighted by Crippen LogP contribution is 2.30. The predicted octanol–water partition coefficient (Wildman–Crippen LogP) is 2.96. The Bertz CT molecular complexity index is 1260. The van der Waals surface area contributed by atoms with Crippen LogP contribution in [0.25, 0.3) is 16.2 Å². The monoisotopic (exact) mass is 509 g/mol. The van der Waals surface area contributed by atoms with Crippen LogP contribution in [-0.2, 0) is 9.53 Å². The summed E-state index contributed by atoms with van der Waals surface area (Å²) in [7, 11) is 1.74. The second-order valence-corrected chi connectivity index (χ2v) is 10.9. The molecule has 1 aliphatic heterocycles. The van der Waals surface area contributed by atoms with Gasteiger partial charge in [0.1, 0.15) is 16.3 Å². The van der Waals surface area contributed by atoms with Crippen LogP contribution in [0, 0.1) is 5.92 Å². The molecule has 0 unspecified atom stereocenters. The Labute approximate surface area is 213 Å². The first-order valence-electron chi connectivity index (χ1n) is 12.8. The first-order valence-corrected chi connectivity index (χ1v) is 13.7. The molecule has 0 bridgehead atoms. The van der Waals surface area contributed by atoms with Gasteiger partial charge < -0.3 is 20.3 Å². The quantitative estimate of drug-likeness (QED) is 0.503. The predicted molar refractivity (Wildman–Crippen MR) is 136 cm³/mol. The molecule has 3 aromatic rings. The van der Waals surface area contributed by atoms with Crippen LogP contribution in [0.4, 0.5) is 5.82 Å². The van der Waals surface area contributed by atoms with Crippen molar-refractivity contribution in [2.45, 2.75) is 63.1 Å². The topological polar surface area (TPSA) is 114 Å². The van der Waals surface area contributed by atoms with E-state index < -0.39 is 0 Å². The van der Waals surface area contributed by atoms with Crippen LogP contribution in [0.5, 0.6) is 0 Å². The zero-order valence-corrected chi connectivity index (χ0v) is 21.2. The minimum atomic E-state index is -0.113. The molecule has 3 aromatic heterocycles. The van der Waals surface area contributed by atoms with E-state index in [1.54, 1.807) is 35.2 Å². The molecule has 0 spiro atoms. The highest BCUT2D eigenvalue weighted by Gasteiger charge is 2.33. The Morgan fingerprint density at radius 3 is 2.72 bits per heavy atom. The summed E-state index contributed by atoms with van der Waals surface area (Å²) >= 11 is 1.56. The largest absolute Gasteiger partial charge is 0.379 e. The van der Waals surface area contributed by atoms with Gasteiger partial charge in [-0.05, 0) is 44.9 Å². The summed E-state index contributed by atoms with van der Waals surface area (Å²) < 4.78 is 7.45. The van der Waals surface area contributed by atoms with E-state index in [2.05, 4.69) is 15.7 Å². The summed E-state index contributed by atoms with van der Waals surface area (Å²) in [6, 6.07) is 2.03. The molecule has 3 fully saturated rings.